The predicted octanol–water partition coefficient (Wildman–Crippen LogP) is 2.69. The van der Waals surface area contributed by atoms with Crippen LogP contribution in [0.25, 0.3) is 0 Å². The monoisotopic (exact) mass is 1870 g/mol. The molecule has 10 aliphatic rings. The highest BCUT2D eigenvalue weighted by molar-refractivity contribution is 7.59. The van der Waals surface area contributed by atoms with E-state index in [0.29, 0.717) is 64.8 Å². The number of Topliss-reactive ketones (excluding diaryl/α,β-unsaturated/α-hetero) is 5. The molecular formula is C87H147N15O25S2. The zero-order chi connectivity index (χ0) is 96.9. The molecule has 0 saturated carbocycles. The van der Waals surface area contributed by atoms with Crippen LogP contribution in [0.1, 0.15) is 187 Å². The fourth-order valence-electron chi connectivity index (χ4n) is 17.0. The average Bonchev–Trinajstić information content (AvgIpc) is 0.644. The fraction of sp³-hybridized carbons (Fsp3) is 0.793. The summed E-state index contributed by atoms with van der Waals surface area (Å²) in [7, 11) is 1.88. The molecular weight excluding hydrogens is 1720 g/mol. The molecule has 5 unspecified atom stereocenters. The summed E-state index contributed by atoms with van der Waals surface area (Å²) in [4.78, 5) is 244. The number of likely N-dealkylation sites (tertiary alicyclic amines) is 5. The third-order valence-electron chi connectivity index (χ3n) is 22.9. The number of aliphatic hydroxyl groups excluding tert-OH is 2. The van der Waals surface area contributed by atoms with Crippen molar-refractivity contribution in [3.63, 3.8) is 0 Å². The van der Waals surface area contributed by atoms with Crippen molar-refractivity contribution in [1.29, 1.82) is 0 Å². The summed E-state index contributed by atoms with van der Waals surface area (Å²) in [5.41, 5.74) is -8.05. The lowest BCUT2D eigenvalue weighted by atomic mass is 9.81. The third-order valence-corrected chi connectivity index (χ3v) is 22.9. The van der Waals surface area contributed by atoms with Crippen LogP contribution in [-0.4, -0.2) is 435 Å². The number of ketones is 5. The molecule has 40 nitrogen and oxygen atoms in total. The largest absolute Gasteiger partial charge is 0.444 e. The maximum absolute atomic E-state index is 13.1. The molecule has 13 amide bonds. The molecule has 10 rings (SSSR count). The van der Waals surface area contributed by atoms with Crippen LogP contribution in [0.15, 0.2) is 0 Å². The second kappa shape index (κ2) is 43.1. The van der Waals surface area contributed by atoms with Gasteiger partial charge in [-0.1, -0.05) is 41.5 Å². The topological polar surface area (TPSA) is 442 Å². The molecule has 42 heteroatoms. The molecule has 10 fully saturated rings. The lowest BCUT2D eigenvalue weighted by Gasteiger charge is -2.59. The summed E-state index contributed by atoms with van der Waals surface area (Å²) in [5.74, 6) is -2.85. The van der Waals surface area contributed by atoms with E-state index in [4.69, 9.17) is 23.7 Å². The van der Waals surface area contributed by atoms with E-state index in [2.05, 4.69) is 18.7 Å². The van der Waals surface area contributed by atoms with Gasteiger partial charge < -0.3 is 97.6 Å². The Balaban J connectivity index is 0.000000337. The molecule has 0 aromatic rings. The van der Waals surface area contributed by atoms with Gasteiger partial charge in [-0.2, -0.15) is 27.0 Å². The normalized spacial score (nSPS) is 24.0. The Hall–Kier alpha value is -9.00. The maximum atomic E-state index is 13.1. The van der Waals surface area contributed by atoms with Gasteiger partial charge in [-0.3, -0.25) is 72.1 Å². The van der Waals surface area contributed by atoms with Gasteiger partial charge >= 0.3 is 30.5 Å². The second-order valence-corrected chi connectivity index (χ2v) is 41.0. The van der Waals surface area contributed by atoms with E-state index in [1.54, 1.807) is 105 Å². The number of carbonyl (C=O) groups excluding carboxylic acids is 18. The Labute approximate surface area is 773 Å². The molecule has 5 spiro atoms. The first-order valence-electron chi connectivity index (χ1n) is 43.6. The first-order valence-corrected chi connectivity index (χ1v) is 43.6. The van der Waals surface area contributed by atoms with E-state index < -0.39 is 117 Å². The standard InChI is InChI=1S/C19H31N3O6.C19H33N3O5.C18H29N3O5.C16H25N3O5.C15H25N3O4.2H2S/c1-12(2)15(25)22-8-7-20(17(27)28-18(4,5)6)10-19(22)11-21(16(19)26)14(9-23)13(3)24;1-13(2)9-21-8-7-20(17(26)27-18(4,5)6)11-19(21)12-22(16(19)25)15(10-23)14(3)24;1-12(2)14(23)21-8-7-19(16(25)26-17(4,5)6)10-18(21)11-20(15(18)24)9-13(3)22;1-11(20)8-18-10-16(13(18)22)9-17(6-7-19(16)12(2)21)14(23)24-15(3,4)5;1-11(19)8-18-10-15(12(18)20)9-17(7-6-16(15)5)13(21)22-14(2,3)4;;/h12,14,23H,7-11H2,1-6H3;13,15,23H,7-12H2,1-6H3;12H,7-11H2,1-6H3;6-10H2,1-5H3;6-10H2,1-5H3;2*1H2/t14-,19?;15-,19?;;;;;/m00...../s1. The minimum absolute atomic E-state index is 0. The van der Waals surface area contributed by atoms with Crippen molar-refractivity contribution in [3.8, 4) is 0 Å². The second-order valence-electron chi connectivity index (χ2n) is 41.0. The summed E-state index contributed by atoms with van der Waals surface area (Å²) >= 11 is 0. The van der Waals surface area contributed by atoms with Crippen molar-refractivity contribution in [2.24, 2.45) is 17.8 Å². The maximum Gasteiger partial charge on any atom is 0.410 e. The van der Waals surface area contributed by atoms with E-state index in [1.165, 1.54) is 90.5 Å². The van der Waals surface area contributed by atoms with Gasteiger partial charge in [-0.15, -0.1) is 0 Å². The number of ether oxygens (including phenoxy) is 5. The first kappa shape index (κ1) is 112. The van der Waals surface area contributed by atoms with Crippen molar-refractivity contribution in [3.05, 3.63) is 0 Å². The quantitative estimate of drug-likeness (QED) is 0.166. The predicted molar refractivity (Wildman–Crippen MR) is 481 cm³/mol. The van der Waals surface area contributed by atoms with E-state index in [-0.39, 0.29) is 201 Å². The summed E-state index contributed by atoms with van der Waals surface area (Å²) in [5, 5.41) is 19.0. The highest BCUT2D eigenvalue weighted by atomic mass is 32.1. The minimum atomic E-state index is -1.22. The zero-order valence-corrected chi connectivity index (χ0v) is 83.3. The van der Waals surface area contributed by atoms with E-state index in [1.807, 2.05) is 53.5 Å². The van der Waals surface area contributed by atoms with Crippen molar-refractivity contribution in [1.82, 2.24) is 73.5 Å². The Bertz CT molecular complexity index is 4190. The number of nitrogens with zero attached hydrogens (tertiary/aromatic N) is 15. The first-order chi connectivity index (χ1) is 58.1. The fourth-order valence-corrected chi connectivity index (χ4v) is 17.0. The van der Waals surface area contributed by atoms with Crippen LogP contribution in [0, 0.1) is 17.8 Å². The molecule has 0 aliphatic carbocycles. The Morgan fingerprint density at radius 1 is 0.333 bits per heavy atom. The summed E-state index contributed by atoms with van der Waals surface area (Å²) in [6, 6.07) is -1.76. The van der Waals surface area contributed by atoms with Gasteiger partial charge in [0.15, 0.2) is 28.2 Å². The van der Waals surface area contributed by atoms with Crippen LogP contribution in [0.2, 0.25) is 0 Å². The molecule has 0 aromatic heterocycles. The van der Waals surface area contributed by atoms with Gasteiger partial charge in [0.25, 0.3) is 17.7 Å². The van der Waals surface area contributed by atoms with Crippen LogP contribution in [0.5, 0.6) is 0 Å². The number of likely N-dealkylation sites (N-methyl/N-ethyl adjacent to an activating group) is 1. The highest BCUT2D eigenvalue weighted by Gasteiger charge is 2.66. The number of amides is 13. The summed E-state index contributed by atoms with van der Waals surface area (Å²) in [6.45, 7) is 52.5. The lowest BCUT2D eigenvalue weighted by Crippen LogP contribution is -2.83. The van der Waals surface area contributed by atoms with Gasteiger partial charge in [0.2, 0.25) is 29.5 Å². The summed E-state index contributed by atoms with van der Waals surface area (Å²) < 4.78 is 27.1. The molecule has 0 bridgehead atoms. The number of hydrogen-bond donors (Lipinski definition) is 2. The van der Waals surface area contributed by atoms with Crippen LogP contribution in [-0.2, 0) is 86.0 Å². The zero-order valence-electron chi connectivity index (χ0n) is 81.3. The Kier molecular flexibility index (Phi) is 37.6. The van der Waals surface area contributed by atoms with E-state index in [0.717, 1.165) is 6.54 Å². The molecule has 0 aromatic carbocycles. The minimum Gasteiger partial charge on any atom is -0.444 e. The molecule has 0 radical (unpaired) electrons. The SMILES string of the molecule is CC(=O)CN1CC2(CN(C(=O)OC(C)(C)C)CCN2C(=O)C(C)C)C1=O.CC(=O)CN1CC2(CN(C(=O)OC(C)(C)C)CCN2C(C)=O)C1=O.CC(=O)CN1CC2(CN(C(=O)OC(C)(C)C)CCN2C)C1=O.CC(=O)[C@H](CO)N1CC2(CN(C(=O)OC(C)(C)C)CCN2C(=O)C(C)C)C1=O.CC(=O)[C@H](CO)N1CC2(CN(C(=O)OC(C)(C)C)CCN2CC(C)C)C1=O.S.S. The molecule has 7 atom stereocenters. The molecule has 732 valence electrons. The Morgan fingerprint density at radius 2 is 0.581 bits per heavy atom. The number of aliphatic hydroxyl groups is 2. The van der Waals surface area contributed by atoms with Gasteiger partial charge in [-0.25, -0.2) is 24.0 Å². The molecule has 2 N–H and O–H groups in total. The molecule has 10 saturated heterocycles. The van der Waals surface area contributed by atoms with Gasteiger partial charge in [-0.05, 0) is 151 Å². The molecule has 10 aliphatic heterocycles. The number of piperazine rings is 5. The van der Waals surface area contributed by atoms with Crippen LogP contribution < -0.4 is 0 Å². The highest BCUT2D eigenvalue weighted by Crippen LogP contribution is 2.41. The van der Waals surface area contributed by atoms with Crippen LogP contribution >= 0.6 is 27.0 Å². The molecule has 10 heterocycles. The number of carbonyl (C=O) groups is 18. The van der Waals surface area contributed by atoms with E-state index in [9.17, 15) is 96.5 Å². The van der Waals surface area contributed by atoms with Crippen LogP contribution in [0.3, 0.4) is 0 Å². The van der Waals surface area contributed by atoms with Crippen molar-refractivity contribution in [2.45, 2.75) is 255 Å². The van der Waals surface area contributed by atoms with Crippen LogP contribution in [0.4, 0.5) is 24.0 Å². The smallest absolute Gasteiger partial charge is 0.410 e. The number of hydrogen-bond acceptors (Lipinski definition) is 27. The van der Waals surface area contributed by atoms with Gasteiger partial charge in [0.05, 0.1) is 98.3 Å². The molecule has 129 heavy (non-hydrogen) atoms. The third kappa shape index (κ3) is 26.7. The average molecular weight is 1870 g/mol. The number of rotatable bonds is 16. The van der Waals surface area contributed by atoms with Gasteiger partial charge in [0, 0.05) is 90.8 Å². The Morgan fingerprint density at radius 3 is 0.829 bits per heavy atom. The summed E-state index contributed by atoms with van der Waals surface area (Å²) in [6.07, 6.45) is -2.35. The lowest BCUT2D eigenvalue weighted by molar-refractivity contribution is -0.185. The van der Waals surface area contributed by atoms with Crippen molar-refractivity contribution < 1.29 is 120 Å². The van der Waals surface area contributed by atoms with Gasteiger partial charge in [0.1, 0.15) is 68.5 Å². The number of β-lactam (4-membered cyclic amide) rings is 5. The van der Waals surface area contributed by atoms with Crippen molar-refractivity contribution in [2.75, 3.05) is 177 Å². The van der Waals surface area contributed by atoms with Crippen molar-refractivity contribution >= 4 is 134 Å². The van der Waals surface area contributed by atoms with E-state index >= 15 is 0 Å².